The number of hydrogen-bond donors (Lipinski definition) is 0. The van der Waals surface area contributed by atoms with Gasteiger partial charge in [0.25, 0.3) is 0 Å². The van der Waals surface area contributed by atoms with Crippen LogP contribution < -0.4 is 0 Å². The topological polar surface area (TPSA) is 0 Å². The molecule has 0 aliphatic heterocycles. The van der Waals surface area contributed by atoms with E-state index in [1.807, 2.05) is 11.8 Å². The van der Waals surface area contributed by atoms with Gasteiger partial charge in [-0.3, -0.25) is 0 Å². The van der Waals surface area contributed by atoms with Crippen LogP contribution in [0, 0.1) is 5.41 Å². The maximum absolute atomic E-state index is 4.31. The summed E-state index contributed by atoms with van der Waals surface area (Å²) in [7, 11) is 0. The molecule has 0 bridgehead atoms. The second-order valence-electron chi connectivity index (χ2n) is 6.71. The maximum atomic E-state index is 4.31. The third-order valence-electron chi connectivity index (χ3n) is 2.76. The van der Waals surface area contributed by atoms with Gasteiger partial charge in [-0.05, 0) is 29.4 Å². The van der Waals surface area contributed by atoms with Crippen LogP contribution >= 0.6 is 11.8 Å². The zero-order chi connectivity index (χ0) is 13.3. The number of rotatable bonds is 2. The van der Waals surface area contributed by atoms with Gasteiger partial charge in [0.15, 0.2) is 0 Å². The minimum atomic E-state index is 0.153. The van der Waals surface area contributed by atoms with E-state index in [2.05, 4.69) is 60.3 Å². The lowest BCUT2D eigenvalue weighted by Crippen LogP contribution is -2.15. The molecule has 1 aliphatic carbocycles. The first-order valence-corrected chi connectivity index (χ1v) is 7.22. The molecule has 0 aromatic rings. The van der Waals surface area contributed by atoms with E-state index in [4.69, 9.17) is 0 Å². The van der Waals surface area contributed by atoms with E-state index in [0.29, 0.717) is 0 Å². The van der Waals surface area contributed by atoms with Crippen LogP contribution in [0.5, 0.6) is 0 Å². The normalized spacial score (nSPS) is 17.5. The molecule has 0 heterocycles. The fraction of sp³-hybridized carbons (Fsp3) is 0.625. The van der Waals surface area contributed by atoms with E-state index in [9.17, 15) is 0 Å². The Labute approximate surface area is 111 Å². The maximum Gasteiger partial charge on any atom is 0.0122 e. The molecule has 0 saturated heterocycles. The van der Waals surface area contributed by atoms with E-state index in [0.717, 1.165) is 6.42 Å². The average molecular weight is 250 g/mol. The van der Waals surface area contributed by atoms with Gasteiger partial charge in [-0.25, -0.2) is 0 Å². The minimum absolute atomic E-state index is 0.153. The van der Waals surface area contributed by atoms with Crippen LogP contribution in [-0.4, -0.2) is 4.75 Å². The molecule has 0 fully saturated rings. The van der Waals surface area contributed by atoms with Crippen LogP contribution in [0.4, 0.5) is 0 Å². The molecule has 1 aliphatic rings. The van der Waals surface area contributed by atoms with Crippen molar-refractivity contribution in [1.29, 1.82) is 0 Å². The molecule has 0 unspecified atom stereocenters. The summed E-state index contributed by atoms with van der Waals surface area (Å²) in [6.07, 6.45) is 7.06. The monoisotopic (exact) mass is 250 g/mol. The first kappa shape index (κ1) is 14.6. The molecule has 1 rings (SSSR count). The van der Waals surface area contributed by atoms with Crippen LogP contribution in [-0.2, 0) is 0 Å². The Morgan fingerprint density at radius 2 is 1.59 bits per heavy atom. The van der Waals surface area contributed by atoms with Crippen molar-refractivity contribution >= 4 is 11.8 Å². The van der Waals surface area contributed by atoms with Crippen LogP contribution in [0.25, 0.3) is 0 Å². The molecule has 0 atom stereocenters. The molecular weight excluding hydrogens is 224 g/mol. The SMILES string of the molecule is C=C(C1=CCCC=C1SC(C)(C)C)C(C)(C)C. The van der Waals surface area contributed by atoms with Gasteiger partial charge in [-0.2, -0.15) is 0 Å². The molecule has 0 spiro atoms. The molecule has 0 N–H and O–H groups in total. The highest BCUT2D eigenvalue weighted by Crippen LogP contribution is 2.43. The summed E-state index contributed by atoms with van der Waals surface area (Å²) in [5.74, 6) is 0. The van der Waals surface area contributed by atoms with Crippen molar-refractivity contribution in [2.24, 2.45) is 5.41 Å². The summed E-state index contributed by atoms with van der Waals surface area (Å²) in [6, 6.07) is 0. The zero-order valence-electron chi connectivity index (χ0n) is 12.2. The molecule has 0 amide bonds. The summed E-state index contributed by atoms with van der Waals surface area (Å²) in [5, 5.41) is 0. The smallest absolute Gasteiger partial charge is 0.0122 e. The largest absolute Gasteiger partial charge is 0.120 e. The lowest BCUT2D eigenvalue weighted by Gasteiger charge is -2.30. The lowest BCUT2D eigenvalue weighted by molar-refractivity contribution is 0.513. The summed E-state index contributed by atoms with van der Waals surface area (Å²) in [4.78, 5) is 1.42. The molecule has 0 nitrogen and oxygen atoms in total. The van der Waals surface area contributed by atoms with Gasteiger partial charge in [-0.15, -0.1) is 11.8 Å². The first-order valence-electron chi connectivity index (χ1n) is 6.41. The van der Waals surface area contributed by atoms with Crippen molar-refractivity contribution in [3.05, 3.63) is 34.8 Å². The molecule has 0 radical (unpaired) electrons. The summed E-state index contributed by atoms with van der Waals surface area (Å²) >= 11 is 1.96. The summed E-state index contributed by atoms with van der Waals surface area (Å²) in [5.41, 5.74) is 2.80. The molecule has 0 saturated carbocycles. The van der Waals surface area contributed by atoms with Crippen LogP contribution in [0.15, 0.2) is 34.8 Å². The third-order valence-corrected chi connectivity index (χ3v) is 3.98. The Hall–Kier alpha value is -0.430. The van der Waals surface area contributed by atoms with Gasteiger partial charge in [0.2, 0.25) is 0 Å². The highest BCUT2D eigenvalue weighted by Gasteiger charge is 2.24. The molecule has 96 valence electrons. The molecule has 0 aromatic carbocycles. The van der Waals surface area contributed by atoms with Crippen molar-refractivity contribution in [2.75, 3.05) is 0 Å². The van der Waals surface area contributed by atoms with Gasteiger partial charge in [-0.1, -0.05) is 60.3 Å². The predicted molar refractivity (Wildman–Crippen MR) is 81.3 cm³/mol. The predicted octanol–water partition coefficient (Wildman–Crippen LogP) is 5.72. The van der Waals surface area contributed by atoms with E-state index >= 15 is 0 Å². The highest BCUT2D eigenvalue weighted by atomic mass is 32.2. The van der Waals surface area contributed by atoms with Crippen molar-refractivity contribution in [2.45, 2.75) is 59.1 Å². The Morgan fingerprint density at radius 1 is 1.06 bits per heavy atom. The second kappa shape index (κ2) is 5.06. The van der Waals surface area contributed by atoms with Crippen LogP contribution in [0.3, 0.4) is 0 Å². The molecule has 1 heteroatoms. The van der Waals surface area contributed by atoms with Crippen molar-refractivity contribution in [1.82, 2.24) is 0 Å². The highest BCUT2D eigenvalue weighted by molar-refractivity contribution is 8.04. The number of thioether (sulfide) groups is 1. The van der Waals surface area contributed by atoms with Crippen molar-refractivity contribution in [3.8, 4) is 0 Å². The number of hydrogen-bond acceptors (Lipinski definition) is 1. The zero-order valence-corrected chi connectivity index (χ0v) is 13.0. The Morgan fingerprint density at radius 3 is 2.06 bits per heavy atom. The fourth-order valence-corrected chi connectivity index (χ4v) is 2.93. The van der Waals surface area contributed by atoms with Gasteiger partial charge < -0.3 is 0 Å². The molecular formula is C16H26S. The Bertz CT molecular complexity index is 356. The minimum Gasteiger partial charge on any atom is -0.120 e. The van der Waals surface area contributed by atoms with E-state index < -0.39 is 0 Å². The molecule has 0 aromatic heterocycles. The lowest BCUT2D eigenvalue weighted by atomic mass is 9.81. The fourth-order valence-electron chi connectivity index (χ4n) is 1.76. The van der Waals surface area contributed by atoms with Crippen LogP contribution in [0.2, 0.25) is 0 Å². The van der Waals surface area contributed by atoms with Crippen molar-refractivity contribution in [3.63, 3.8) is 0 Å². The van der Waals surface area contributed by atoms with E-state index in [1.165, 1.54) is 22.5 Å². The third kappa shape index (κ3) is 4.39. The number of allylic oxidation sites excluding steroid dienone is 4. The summed E-state index contributed by atoms with van der Waals surface area (Å²) in [6.45, 7) is 17.8. The van der Waals surface area contributed by atoms with E-state index in [-0.39, 0.29) is 10.2 Å². The van der Waals surface area contributed by atoms with Gasteiger partial charge >= 0.3 is 0 Å². The van der Waals surface area contributed by atoms with Crippen molar-refractivity contribution < 1.29 is 0 Å². The van der Waals surface area contributed by atoms with Gasteiger partial charge in [0.1, 0.15) is 0 Å². The summed E-state index contributed by atoms with van der Waals surface area (Å²) < 4.78 is 0.264. The second-order valence-corrected chi connectivity index (χ2v) is 8.58. The first-order chi connectivity index (χ1) is 7.61. The molecule has 17 heavy (non-hydrogen) atoms. The standard InChI is InChI=1S/C16H26S/c1-12(15(2,3)4)13-10-8-9-11-14(13)17-16(5,6)7/h10-11H,1,8-9H2,2-7H3. The average Bonchev–Trinajstić information content (AvgIpc) is 2.13. The van der Waals surface area contributed by atoms with E-state index in [1.54, 1.807) is 0 Å². The Balaban J connectivity index is 2.94. The van der Waals surface area contributed by atoms with Gasteiger partial charge in [0.05, 0.1) is 0 Å². The Kier molecular flexibility index (Phi) is 4.35. The van der Waals surface area contributed by atoms with Crippen LogP contribution in [0.1, 0.15) is 54.4 Å². The van der Waals surface area contributed by atoms with Gasteiger partial charge in [0, 0.05) is 9.65 Å². The quantitative estimate of drug-likeness (QED) is 0.603.